The van der Waals surface area contributed by atoms with Crippen molar-refractivity contribution in [1.29, 1.82) is 5.26 Å². The SMILES string of the molecule is N#CCN1C(=O)CSc2ccc(NC3CC3)cc21. The fourth-order valence-corrected chi connectivity index (χ4v) is 2.92. The number of nitriles is 1. The summed E-state index contributed by atoms with van der Waals surface area (Å²) in [5.74, 6) is 0.432. The first kappa shape index (κ1) is 11.4. The van der Waals surface area contributed by atoms with Crippen LogP contribution in [0.5, 0.6) is 0 Å². The lowest BCUT2D eigenvalue weighted by atomic mass is 10.2. The van der Waals surface area contributed by atoms with E-state index in [1.54, 1.807) is 16.7 Å². The van der Waals surface area contributed by atoms with Gasteiger partial charge >= 0.3 is 0 Å². The summed E-state index contributed by atoms with van der Waals surface area (Å²) in [4.78, 5) is 14.5. The van der Waals surface area contributed by atoms with Crippen LogP contribution in [-0.2, 0) is 4.79 Å². The highest BCUT2D eigenvalue weighted by Gasteiger charge is 2.26. The number of thioether (sulfide) groups is 1. The minimum absolute atomic E-state index is 0.0117. The van der Waals surface area contributed by atoms with Crippen LogP contribution < -0.4 is 10.2 Å². The van der Waals surface area contributed by atoms with Crippen molar-refractivity contribution in [3.8, 4) is 6.07 Å². The molecule has 1 aliphatic carbocycles. The van der Waals surface area contributed by atoms with Gasteiger partial charge in [0.15, 0.2) is 0 Å². The third-order valence-electron chi connectivity index (χ3n) is 3.08. The second-order valence-corrected chi connectivity index (χ2v) is 5.54. The van der Waals surface area contributed by atoms with E-state index >= 15 is 0 Å². The number of hydrogen-bond donors (Lipinski definition) is 1. The number of benzene rings is 1. The molecule has 0 unspecified atom stereocenters. The predicted molar refractivity (Wildman–Crippen MR) is 71.8 cm³/mol. The number of anilines is 2. The van der Waals surface area contributed by atoms with Crippen LogP contribution in [0.1, 0.15) is 12.8 Å². The molecule has 1 aromatic carbocycles. The zero-order valence-corrected chi connectivity index (χ0v) is 10.7. The summed E-state index contributed by atoms with van der Waals surface area (Å²) < 4.78 is 0. The second-order valence-electron chi connectivity index (χ2n) is 4.53. The molecule has 1 heterocycles. The van der Waals surface area contributed by atoms with Gasteiger partial charge in [-0.05, 0) is 31.0 Å². The van der Waals surface area contributed by atoms with Gasteiger partial charge in [0.25, 0.3) is 0 Å². The minimum atomic E-state index is 0.0117. The largest absolute Gasteiger partial charge is 0.382 e. The summed E-state index contributed by atoms with van der Waals surface area (Å²) in [5.41, 5.74) is 1.90. The van der Waals surface area contributed by atoms with Crippen LogP contribution in [0.2, 0.25) is 0 Å². The molecule has 5 heteroatoms. The molecule has 0 spiro atoms. The van der Waals surface area contributed by atoms with Gasteiger partial charge in [-0.2, -0.15) is 5.26 Å². The number of carbonyl (C=O) groups excluding carboxylic acids is 1. The highest BCUT2D eigenvalue weighted by molar-refractivity contribution is 8.00. The van der Waals surface area contributed by atoms with Gasteiger partial charge < -0.3 is 5.32 Å². The zero-order valence-electron chi connectivity index (χ0n) is 9.85. The van der Waals surface area contributed by atoms with Crippen molar-refractivity contribution >= 4 is 29.0 Å². The summed E-state index contributed by atoms with van der Waals surface area (Å²) in [7, 11) is 0. The number of fused-ring (bicyclic) bond motifs is 1. The Morgan fingerprint density at radius 1 is 1.50 bits per heavy atom. The van der Waals surface area contributed by atoms with Crippen LogP contribution >= 0.6 is 11.8 Å². The summed E-state index contributed by atoms with van der Waals surface area (Å²) in [6.45, 7) is 0.124. The van der Waals surface area contributed by atoms with Gasteiger partial charge in [0.2, 0.25) is 5.91 Å². The Bertz CT molecular complexity index is 534. The monoisotopic (exact) mass is 259 g/mol. The lowest BCUT2D eigenvalue weighted by Gasteiger charge is -2.27. The number of amides is 1. The lowest BCUT2D eigenvalue weighted by Crippen LogP contribution is -2.35. The van der Waals surface area contributed by atoms with E-state index in [0.717, 1.165) is 16.3 Å². The van der Waals surface area contributed by atoms with E-state index in [1.165, 1.54) is 12.8 Å². The Hall–Kier alpha value is -1.67. The molecule has 18 heavy (non-hydrogen) atoms. The zero-order chi connectivity index (χ0) is 12.5. The van der Waals surface area contributed by atoms with Gasteiger partial charge in [0, 0.05) is 16.6 Å². The average Bonchev–Trinajstić information content (AvgIpc) is 3.17. The van der Waals surface area contributed by atoms with Crippen LogP contribution in [0.15, 0.2) is 23.1 Å². The van der Waals surface area contributed by atoms with Crippen molar-refractivity contribution in [3.05, 3.63) is 18.2 Å². The molecule has 1 fully saturated rings. The standard InChI is InChI=1S/C13H13N3OS/c14-5-6-16-11-7-10(15-9-1-2-9)3-4-12(11)18-8-13(16)17/h3-4,7,9,15H,1-2,6,8H2. The maximum atomic E-state index is 11.8. The number of nitrogens with zero attached hydrogens (tertiary/aromatic N) is 2. The van der Waals surface area contributed by atoms with Crippen LogP contribution in [0.3, 0.4) is 0 Å². The van der Waals surface area contributed by atoms with E-state index in [0.29, 0.717) is 11.8 Å². The highest BCUT2D eigenvalue weighted by Crippen LogP contribution is 2.38. The molecule has 1 N–H and O–H groups in total. The van der Waals surface area contributed by atoms with E-state index in [9.17, 15) is 4.79 Å². The summed E-state index contributed by atoms with van der Waals surface area (Å²) >= 11 is 1.54. The first-order valence-corrected chi connectivity index (χ1v) is 6.97. The van der Waals surface area contributed by atoms with E-state index in [2.05, 4.69) is 11.4 Å². The van der Waals surface area contributed by atoms with Crippen molar-refractivity contribution in [2.45, 2.75) is 23.8 Å². The van der Waals surface area contributed by atoms with E-state index in [-0.39, 0.29) is 12.5 Å². The number of rotatable bonds is 3. The molecular weight excluding hydrogens is 246 g/mol. The number of hydrogen-bond acceptors (Lipinski definition) is 4. The molecule has 2 aliphatic rings. The van der Waals surface area contributed by atoms with Gasteiger partial charge in [-0.25, -0.2) is 0 Å². The third kappa shape index (κ3) is 2.16. The lowest BCUT2D eigenvalue weighted by molar-refractivity contribution is -0.116. The first-order chi connectivity index (χ1) is 8.78. The Morgan fingerprint density at radius 2 is 2.33 bits per heavy atom. The average molecular weight is 259 g/mol. The van der Waals surface area contributed by atoms with E-state index in [1.807, 2.05) is 18.2 Å². The Kier molecular flexibility index (Phi) is 2.88. The highest BCUT2D eigenvalue weighted by atomic mass is 32.2. The van der Waals surface area contributed by atoms with Crippen LogP contribution in [-0.4, -0.2) is 24.2 Å². The topological polar surface area (TPSA) is 56.1 Å². The quantitative estimate of drug-likeness (QED) is 0.846. The predicted octanol–water partition coefficient (Wildman–Crippen LogP) is 2.22. The summed E-state index contributed by atoms with van der Waals surface area (Å²) in [6, 6.07) is 8.70. The van der Waals surface area contributed by atoms with Crippen molar-refractivity contribution in [2.24, 2.45) is 0 Å². The van der Waals surface area contributed by atoms with Crippen LogP contribution in [0.25, 0.3) is 0 Å². The van der Waals surface area contributed by atoms with E-state index in [4.69, 9.17) is 5.26 Å². The Morgan fingerprint density at radius 3 is 3.06 bits per heavy atom. The maximum Gasteiger partial charge on any atom is 0.238 e. The first-order valence-electron chi connectivity index (χ1n) is 5.98. The smallest absolute Gasteiger partial charge is 0.238 e. The van der Waals surface area contributed by atoms with Gasteiger partial charge in [0.05, 0.1) is 17.5 Å². The van der Waals surface area contributed by atoms with Gasteiger partial charge in [-0.1, -0.05) is 0 Å². The molecule has 0 radical (unpaired) electrons. The van der Waals surface area contributed by atoms with Crippen molar-refractivity contribution in [1.82, 2.24) is 0 Å². The molecule has 3 rings (SSSR count). The fraction of sp³-hybridized carbons (Fsp3) is 0.385. The summed E-state index contributed by atoms with van der Waals surface area (Å²) in [6.07, 6.45) is 2.43. The molecule has 1 aliphatic heterocycles. The van der Waals surface area contributed by atoms with Gasteiger partial charge in [-0.3, -0.25) is 9.69 Å². The molecule has 0 atom stereocenters. The Labute approximate surface area is 110 Å². The molecule has 1 saturated carbocycles. The molecule has 1 amide bonds. The van der Waals surface area contributed by atoms with Crippen LogP contribution in [0.4, 0.5) is 11.4 Å². The number of carbonyl (C=O) groups is 1. The van der Waals surface area contributed by atoms with Gasteiger partial charge in [-0.15, -0.1) is 11.8 Å². The Balaban J connectivity index is 1.92. The third-order valence-corrected chi connectivity index (χ3v) is 4.13. The molecule has 4 nitrogen and oxygen atoms in total. The van der Waals surface area contributed by atoms with Gasteiger partial charge in [0.1, 0.15) is 6.54 Å². The van der Waals surface area contributed by atoms with Crippen molar-refractivity contribution < 1.29 is 4.79 Å². The normalized spacial score (nSPS) is 18.2. The molecular formula is C13H13N3OS. The summed E-state index contributed by atoms with van der Waals surface area (Å²) in [5, 5.41) is 12.2. The van der Waals surface area contributed by atoms with Crippen molar-refractivity contribution in [3.63, 3.8) is 0 Å². The molecule has 92 valence electrons. The second kappa shape index (κ2) is 4.54. The maximum absolute atomic E-state index is 11.8. The molecule has 0 bridgehead atoms. The van der Waals surface area contributed by atoms with Crippen LogP contribution in [0, 0.1) is 11.3 Å². The molecule has 0 aromatic heterocycles. The van der Waals surface area contributed by atoms with Crippen molar-refractivity contribution in [2.75, 3.05) is 22.5 Å². The molecule has 1 aromatic rings. The van der Waals surface area contributed by atoms with E-state index < -0.39 is 0 Å². The minimum Gasteiger partial charge on any atom is -0.382 e. The fourth-order valence-electron chi connectivity index (χ4n) is 2.00. The molecule has 0 saturated heterocycles. The number of nitrogens with one attached hydrogen (secondary N) is 1.